The first-order chi connectivity index (χ1) is 9.02. The SMILES string of the molecule is CCOC(=O)CSCC(=O)Nc1ccc(C)c(Cl)c1. The second kappa shape index (κ2) is 8.07. The number of esters is 1. The van der Waals surface area contributed by atoms with Crippen LogP contribution < -0.4 is 5.32 Å². The Morgan fingerprint density at radius 1 is 1.37 bits per heavy atom. The number of halogens is 1. The highest BCUT2D eigenvalue weighted by atomic mass is 35.5. The van der Waals surface area contributed by atoms with E-state index in [4.69, 9.17) is 16.3 Å². The van der Waals surface area contributed by atoms with Crippen LogP contribution in [0.4, 0.5) is 5.69 Å². The predicted molar refractivity (Wildman–Crippen MR) is 78.8 cm³/mol. The van der Waals surface area contributed by atoms with Crippen LogP contribution in [0.3, 0.4) is 0 Å². The van der Waals surface area contributed by atoms with Crippen LogP contribution in [-0.4, -0.2) is 30.0 Å². The van der Waals surface area contributed by atoms with Crippen molar-refractivity contribution >= 4 is 40.9 Å². The fourth-order valence-corrected chi connectivity index (χ4v) is 2.09. The number of hydrogen-bond acceptors (Lipinski definition) is 4. The van der Waals surface area contributed by atoms with Crippen LogP contribution in [0.2, 0.25) is 5.02 Å². The van der Waals surface area contributed by atoms with E-state index >= 15 is 0 Å². The van der Waals surface area contributed by atoms with Gasteiger partial charge in [-0.25, -0.2) is 0 Å². The summed E-state index contributed by atoms with van der Waals surface area (Å²) in [4.78, 5) is 22.7. The Kier molecular flexibility index (Phi) is 6.73. The van der Waals surface area contributed by atoms with Crippen LogP contribution in [-0.2, 0) is 14.3 Å². The van der Waals surface area contributed by atoms with Gasteiger partial charge in [-0.3, -0.25) is 9.59 Å². The van der Waals surface area contributed by atoms with Gasteiger partial charge in [-0.15, -0.1) is 11.8 Å². The quantitative estimate of drug-likeness (QED) is 0.821. The van der Waals surface area contributed by atoms with E-state index in [1.807, 2.05) is 13.0 Å². The second-order valence-electron chi connectivity index (χ2n) is 3.81. The summed E-state index contributed by atoms with van der Waals surface area (Å²) < 4.78 is 4.76. The molecule has 1 N–H and O–H groups in total. The van der Waals surface area contributed by atoms with Gasteiger partial charge >= 0.3 is 5.97 Å². The molecule has 1 rings (SSSR count). The number of carbonyl (C=O) groups excluding carboxylic acids is 2. The number of anilines is 1. The lowest BCUT2D eigenvalue weighted by molar-refractivity contribution is -0.139. The van der Waals surface area contributed by atoms with Crippen LogP contribution in [0.1, 0.15) is 12.5 Å². The number of amides is 1. The average Bonchev–Trinajstić information content (AvgIpc) is 2.34. The molecule has 0 saturated heterocycles. The Morgan fingerprint density at radius 2 is 2.11 bits per heavy atom. The summed E-state index contributed by atoms with van der Waals surface area (Å²) in [6, 6.07) is 5.32. The molecule has 0 aromatic heterocycles. The fraction of sp³-hybridized carbons (Fsp3) is 0.385. The minimum atomic E-state index is -0.307. The monoisotopic (exact) mass is 301 g/mol. The van der Waals surface area contributed by atoms with Gasteiger partial charge in [0, 0.05) is 10.7 Å². The van der Waals surface area contributed by atoms with E-state index in [-0.39, 0.29) is 23.4 Å². The van der Waals surface area contributed by atoms with E-state index < -0.39 is 0 Å². The molecule has 0 spiro atoms. The van der Waals surface area contributed by atoms with E-state index in [1.165, 1.54) is 11.8 Å². The lowest BCUT2D eigenvalue weighted by Crippen LogP contribution is -2.16. The maximum atomic E-state index is 11.6. The Morgan fingerprint density at radius 3 is 2.74 bits per heavy atom. The molecule has 0 aliphatic rings. The molecular weight excluding hydrogens is 286 g/mol. The minimum Gasteiger partial charge on any atom is -0.465 e. The van der Waals surface area contributed by atoms with Gasteiger partial charge < -0.3 is 10.1 Å². The predicted octanol–water partition coefficient (Wildman–Crippen LogP) is 2.88. The number of carbonyl (C=O) groups is 2. The Bertz CT molecular complexity index is 465. The molecule has 0 aliphatic carbocycles. The molecule has 0 heterocycles. The summed E-state index contributed by atoms with van der Waals surface area (Å²) in [5, 5.41) is 3.33. The van der Waals surface area contributed by atoms with Gasteiger partial charge in [-0.05, 0) is 31.5 Å². The summed E-state index contributed by atoms with van der Waals surface area (Å²) in [5.41, 5.74) is 1.61. The van der Waals surface area contributed by atoms with Crippen molar-refractivity contribution in [3.63, 3.8) is 0 Å². The van der Waals surface area contributed by atoms with Gasteiger partial charge in [0.2, 0.25) is 5.91 Å². The van der Waals surface area contributed by atoms with Crippen LogP contribution in [0.5, 0.6) is 0 Å². The van der Waals surface area contributed by atoms with Crippen LogP contribution in [0, 0.1) is 6.92 Å². The van der Waals surface area contributed by atoms with Gasteiger partial charge in [-0.1, -0.05) is 17.7 Å². The highest BCUT2D eigenvalue weighted by Gasteiger charge is 2.07. The van der Waals surface area contributed by atoms with Crippen molar-refractivity contribution in [2.24, 2.45) is 0 Å². The van der Waals surface area contributed by atoms with Gasteiger partial charge in [-0.2, -0.15) is 0 Å². The Balaban J connectivity index is 2.35. The zero-order valence-corrected chi connectivity index (χ0v) is 12.4. The first-order valence-electron chi connectivity index (χ1n) is 5.82. The maximum Gasteiger partial charge on any atom is 0.315 e. The van der Waals surface area contributed by atoms with Crippen LogP contribution in [0.25, 0.3) is 0 Å². The molecular formula is C13H16ClNO3S. The number of thioether (sulfide) groups is 1. The molecule has 0 bridgehead atoms. The summed E-state index contributed by atoms with van der Waals surface area (Å²) >= 11 is 7.18. The van der Waals surface area contributed by atoms with E-state index in [2.05, 4.69) is 5.32 Å². The van der Waals surface area contributed by atoms with Crippen LogP contribution in [0.15, 0.2) is 18.2 Å². The molecule has 1 aromatic carbocycles. The first-order valence-corrected chi connectivity index (χ1v) is 7.35. The third-order valence-electron chi connectivity index (χ3n) is 2.21. The van der Waals surface area contributed by atoms with E-state index in [1.54, 1.807) is 19.1 Å². The van der Waals surface area contributed by atoms with Gasteiger partial charge in [0.05, 0.1) is 18.1 Å². The second-order valence-corrected chi connectivity index (χ2v) is 5.20. The molecule has 19 heavy (non-hydrogen) atoms. The largest absolute Gasteiger partial charge is 0.465 e. The third-order valence-corrected chi connectivity index (χ3v) is 3.53. The fourth-order valence-electron chi connectivity index (χ4n) is 1.30. The molecule has 6 heteroatoms. The zero-order valence-electron chi connectivity index (χ0n) is 10.9. The molecule has 0 aliphatic heterocycles. The van der Waals surface area contributed by atoms with E-state index in [9.17, 15) is 9.59 Å². The molecule has 104 valence electrons. The van der Waals surface area contributed by atoms with Crippen molar-refractivity contribution in [2.45, 2.75) is 13.8 Å². The number of benzene rings is 1. The summed E-state index contributed by atoms with van der Waals surface area (Å²) in [6.07, 6.45) is 0. The molecule has 4 nitrogen and oxygen atoms in total. The molecule has 1 amide bonds. The highest BCUT2D eigenvalue weighted by Crippen LogP contribution is 2.20. The topological polar surface area (TPSA) is 55.4 Å². The van der Waals surface area contributed by atoms with E-state index in [0.717, 1.165) is 5.56 Å². The van der Waals surface area contributed by atoms with Crippen molar-refractivity contribution in [1.29, 1.82) is 0 Å². The van der Waals surface area contributed by atoms with E-state index in [0.29, 0.717) is 17.3 Å². The van der Waals surface area contributed by atoms with Crippen molar-refractivity contribution in [2.75, 3.05) is 23.4 Å². The van der Waals surface area contributed by atoms with Crippen molar-refractivity contribution in [1.82, 2.24) is 0 Å². The molecule has 0 fully saturated rings. The lowest BCUT2D eigenvalue weighted by Gasteiger charge is -2.06. The van der Waals surface area contributed by atoms with Gasteiger partial charge in [0.25, 0.3) is 0 Å². The molecule has 0 saturated carbocycles. The van der Waals surface area contributed by atoms with Gasteiger partial charge in [0.1, 0.15) is 0 Å². The van der Waals surface area contributed by atoms with Crippen molar-refractivity contribution in [3.8, 4) is 0 Å². The summed E-state index contributed by atoms with van der Waals surface area (Å²) in [7, 11) is 0. The smallest absolute Gasteiger partial charge is 0.315 e. The summed E-state index contributed by atoms with van der Waals surface area (Å²) in [6.45, 7) is 3.99. The number of ether oxygens (including phenoxy) is 1. The average molecular weight is 302 g/mol. The molecule has 0 atom stereocenters. The number of rotatable bonds is 6. The van der Waals surface area contributed by atoms with Gasteiger partial charge in [0.15, 0.2) is 0 Å². The zero-order chi connectivity index (χ0) is 14.3. The highest BCUT2D eigenvalue weighted by molar-refractivity contribution is 8.00. The minimum absolute atomic E-state index is 0.172. The Labute approximate surface area is 121 Å². The van der Waals surface area contributed by atoms with Crippen molar-refractivity contribution < 1.29 is 14.3 Å². The first kappa shape index (κ1) is 15.9. The Hall–Kier alpha value is -1.20. The molecule has 0 radical (unpaired) electrons. The lowest BCUT2D eigenvalue weighted by atomic mass is 10.2. The number of hydrogen-bond donors (Lipinski definition) is 1. The van der Waals surface area contributed by atoms with Crippen LogP contribution >= 0.6 is 23.4 Å². The number of nitrogens with one attached hydrogen (secondary N) is 1. The molecule has 0 unspecified atom stereocenters. The number of aryl methyl sites for hydroxylation is 1. The standard InChI is InChI=1S/C13H16ClNO3S/c1-3-18-13(17)8-19-7-12(16)15-10-5-4-9(2)11(14)6-10/h4-6H,3,7-8H2,1-2H3,(H,15,16). The van der Waals surface area contributed by atoms with Crippen molar-refractivity contribution in [3.05, 3.63) is 28.8 Å². The molecule has 1 aromatic rings. The third kappa shape index (κ3) is 5.98. The normalized spacial score (nSPS) is 10.1. The maximum absolute atomic E-state index is 11.6. The summed E-state index contributed by atoms with van der Waals surface area (Å²) in [5.74, 6) is -0.104.